The smallest absolute Gasteiger partial charge is 0.247 e. The van der Waals surface area contributed by atoms with Crippen LogP contribution in [0.25, 0.3) is 0 Å². The molecule has 0 bridgehead atoms. The van der Waals surface area contributed by atoms with Gasteiger partial charge in [0.2, 0.25) is 21.8 Å². The van der Waals surface area contributed by atoms with Gasteiger partial charge in [-0.05, 0) is 32.0 Å². The Morgan fingerprint density at radius 3 is 2.57 bits per heavy atom. The lowest BCUT2D eigenvalue weighted by Crippen LogP contribution is -2.65. The lowest BCUT2D eigenvalue weighted by Gasteiger charge is -2.38. The van der Waals surface area contributed by atoms with Crippen molar-refractivity contribution in [2.24, 2.45) is 0 Å². The molecule has 1 heterocycles. The second-order valence-corrected chi connectivity index (χ2v) is 6.96. The van der Waals surface area contributed by atoms with Crippen molar-refractivity contribution in [3.8, 4) is 0 Å². The highest BCUT2D eigenvalue weighted by molar-refractivity contribution is 7.89. The van der Waals surface area contributed by atoms with Crippen LogP contribution in [0.5, 0.6) is 0 Å². The van der Waals surface area contributed by atoms with Gasteiger partial charge < -0.3 is 5.73 Å². The summed E-state index contributed by atoms with van der Waals surface area (Å²) in [6.07, 6.45) is 0. The molecule has 0 atom stereocenters. The number of hydrogen-bond acceptors (Lipinski definition) is 5. The van der Waals surface area contributed by atoms with Gasteiger partial charge in [-0.1, -0.05) is 0 Å². The molecule has 1 aromatic carbocycles. The van der Waals surface area contributed by atoms with E-state index in [9.17, 15) is 22.4 Å². The van der Waals surface area contributed by atoms with Gasteiger partial charge in [0.05, 0.1) is 12.2 Å². The zero-order valence-corrected chi connectivity index (χ0v) is 12.2. The first-order valence-corrected chi connectivity index (χ1v) is 7.43. The third-order valence-corrected chi connectivity index (χ3v) is 5.34. The Bertz CT molecular complexity index is 730. The van der Waals surface area contributed by atoms with E-state index in [1.165, 1.54) is 13.8 Å². The normalized spacial score (nSPS) is 19.4. The summed E-state index contributed by atoms with van der Waals surface area (Å²) in [5.74, 6) is -2.29. The number of imide groups is 1. The van der Waals surface area contributed by atoms with E-state index in [0.717, 1.165) is 18.2 Å². The van der Waals surface area contributed by atoms with Gasteiger partial charge in [-0.15, -0.1) is 0 Å². The molecular weight excluding hydrogens is 301 g/mol. The summed E-state index contributed by atoms with van der Waals surface area (Å²) in [6.45, 7) is 2.15. The molecule has 0 aromatic heterocycles. The maximum absolute atomic E-state index is 13.3. The van der Waals surface area contributed by atoms with Crippen LogP contribution >= 0.6 is 0 Å². The second kappa shape index (κ2) is 4.78. The molecule has 1 saturated heterocycles. The molecule has 1 fully saturated rings. The van der Waals surface area contributed by atoms with E-state index >= 15 is 0 Å². The first-order chi connectivity index (χ1) is 9.56. The minimum absolute atomic E-state index is 0.161. The van der Waals surface area contributed by atoms with Crippen LogP contribution in [0, 0.1) is 5.82 Å². The van der Waals surface area contributed by atoms with Crippen LogP contribution in [0.4, 0.5) is 10.1 Å². The largest absolute Gasteiger partial charge is 0.398 e. The van der Waals surface area contributed by atoms with Crippen molar-refractivity contribution in [2.45, 2.75) is 24.3 Å². The molecule has 0 spiro atoms. The summed E-state index contributed by atoms with van der Waals surface area (Å²) in [4.78, 5) is 22.8. The molecule has 0 unspecified atom stereocenters. The summed E-state index contributed by atoms with van der Waals surface area (Å²) in [5.41, 5.74) is 3.93. The van der Waals surface area contributed by atoms with E-state index in [0.29, 0.717) is 4.31 Å². The van der Waals surface area contributed by atoms with Crippen LogP contribution in [0.3, 0.4) is 0 Å². The third kappa shape index (κ3) is 2.49. The van der Waals surface area contributed by atoms with Crippen LogP contribution in [-0.4, -0.2) is 36.6 Å². The lowest BCUT2D eigenvalue weighted by atomic mass is 10.0. The summed E-state index contributed by atoms with van der Waals surface area (Å²) in [7, 11) is -4.30. The summed E-state index contributed by atoms with van der Waals surface area (Å²) < 4.78 is 39.2. The number of carbonyl (C=O) groups excluding carboxylic acids is 2. The fraction of sp³-hybridized carbons (Fsp3) is 0.333. The van der Waals surface area contributed by atoms with Crippen LogP contribution in [-0.2, 0) is 19.6 Å². The van der Waals surface area contributed by atoms with Crippen molar-refractivity contribution in [1.29, 1.82) is 0 Å². The fourth-order valence-corrected chi connectivity index (χ4v) is 3.83. The Morgan fingerprint density at radius 1 is 1.33 bits per heavy atom. The Balaban J connectivity index is 2.59. The minimum Gasteiger partial charge on any atom is -0.398 e. The highest BCUT2D eigenvalue weighted by Crippen LogP contribution is 2.30. The SMILES string of the molecule is CC1(C)C(=O)NC(=O)CN1S(=O)(=O)c1cc(F)ccc1N. The average Bonchev–Trinajstić information content (AvgIpc) is 2.36. The maximum atomic E-state index is 13.3. The van der Waals surface area contributed by atoms with Gasteiger partial charge in [0.25, 0.3) is 0 Å². The highest BCUT2D eigenvalue weighted by atomic mass is 32.2. The first kappa shape index (κ1) is 15.4. The molecule has 0 radical (unpaired) electrons. The highest BCUT2D eigenvalue weighted by Gasteiger charge is 2.48. The topological polar surface area (TPSA) is 110 Å². The zero-order chi connectivity index (χ0) is 16.0. The van der Waals surface area contributed by atoms with Crippen LogP contribution in [0.1, 0.15) is 13.8 Å². The van der Waals surface area contributed by atoms with E-state index in [1.807, 2.05) is 0 Å². The van der Waals surface area contributed by atoms with Gasteiger partial charge in [0.1, 0.15) is 16.3 Å². The predicted molar refractivity (Wildman–Crippen MR) is 71.9 cm³/mol. The maximum Gasteiger partial charge on any atom is 0.247 e. The average molecular weight is 315 g/mol. The second-order valence-electron chi connectivity index (χ2n) is 5.13. The number of nitrogens with two attached hydrogens (primary N) is 1. The molecule has 1 aliphatic rings. The number of hydrogen-bond donors (Lipinski definition) is 2. The number of nitrogens with zero attached hydrogens (tertiary/aromatic N) is 1. The number of rotatable bonds is 2. The van der Waals surface area contributed by atoms with E-state index < -0.39 is 44.6 Å². The number of nitrogen functional groups attached to an aromatic ring is 1. The molecular formula is C12H14FN3O4S. The molecule has 114 valence electrons. The van der Waals surface area contributed by atoms with Gasteiger partial charge in [-0.2, -0.15) is 4.31 Å². The number of halogens is 1. The van der Waals surface area contributed by atoms with Gasteiger partial charge in [0, 0.05) is 0 Å². The molecule has 21 heavy (non-hydrogen) atoms. The summed E-state index contributed by atoms with van der Waals surface area (Å²) >= 11 is 0. The number of benzene rings is 1. The Kier molecular flexibility index (Phi) is 3.50. The molecule has 2 rings (SSSR count). The first-order valence-electron chi connectivity index (χ1n) is 5.99. The Morgan fingerprint density at radius 2 is 1.95 bits per heavy atom. The van der Waals surface area contributed by atoms with Crippen LogP contribution < -0.4 is 11.1 Å². The number of carbonyl (C=O) groups is 2. The number of sulfonamides is 1. The van der Waals surface area contributed by atoms with Crippen molar-refractivity contribution in [3.05, 3.63) is 24.0 Å². The van der Waals surface area contributed by atoms with E-state index in [-0.39, 0.29) is 5.69 Å². The van der Waals surface area contributed by atoms with Crippen molar-refractivity contribution in [2.75, 3.05) is 12.3 Å². The molecule has 0 aliphatic carbocycles. The van der Waals surface area contributed by atoms with Crippen LogP contribution in [0.15, 0.2) is 23.1 Å². The van der Waals surface area contributed by atoms with Crippen molar-refractivity contribution in [3.63, 3.8) is 0 Å². The fourth-order valence-electron chi connectivity index (χ4n) is 2.00. The van der Waals surface area contributed by atoms with Crippen molar-refractivity contribution >= 4 is 27.5 Å². The molecule has 9 heteroatoms. The Hall–Kier alpha value is -2.00. The van der Waals surface area contributed by atoms with Crippen LogP contribution in [0.2, 0.25) is 0 Å². The summed E-state index contributed by atoms with van der Waals surface area (Å²) in [6, 6.07) is 2.90. The standard InChI is InChI=1S/C12H14FN3O4S/c1-12(2)11(18)15-10(17)6-16(12)21(19,20)9-5-7(13)3-4-8(9)14/h3-5H,6,14H2,1-2H3,(H,15,17,18). The number of piperazine rings is 1. The van der Waals surface area contributed by atoms with Gasteiger partial charge in [0.15, 0.2) is 0 Å². The van der Waals surface area contributed by atoms with Gasteiger partial charge in [-0.25, -0.2) is 12.8 Å². The molecule has 0 saturated carbocycles. The van der Waals surface area contributed by atoms with E-state index in [1.54, 1.807) is 0 Å². The molecule has 3 N–H and O–H groups in total. The molecule has 1 aliphatic heterocycles. The van der Waals surface area contributed by atoms with Crippen molar-refractivity contribution in [1.82, 2.24) is 9.62 Å². The zero-order valence-electron chi connectivity index (χ0n) is 11.4. The number of amides is 2. The van der Waals surface area contributed by atoms with E-state index in [4.69, 9.17) is 5.73 Å². The van der Waals surface area contributed by atoms with Gasteiger partial charge >= 0.3 is 0 Å². The minimum atomic E-state index is -4.30. The third-order valence-electron chi connectivity index (χ3n) is 3.26. The monoisotopic (exact) mass is 315 g/mol. The molecule has 2 amide bonds. The summed E-state index contributed by atoms with van der Waals surface area (Å²) in [5, 5.41) is 2.06. The Labute approximate surface area is 121 Å². The van der Waals surface area contributed by atoms with Gasteiger partial charge in [-0.3, -0.25) is 14.9 Å². The molecule has 7 nitrogen and oxygen atoms in total. The number of nitrogens with one attached hydrogen (secondary N) is 1. The number of anilines is 1. The van der Waals surface area contributed by atoms with Crippen molar-refractivity contribution < 1.29 is 22.4 Å². The quantitative estimate of drug-likeness (QED) is 0.582. The lowest BCUT2D eigenvalue weighted by molar-refractivity contribution is -0.141. The van der Waals surface area contributed by atoms with E-state index in [2.05, 4.69) is 5.32 Å². The molecule has 1 aromatic rings. The predicted octanol–water partition coefficient (Wildman–Crippen LogP) is -0.166.